The van der Waals surface area contributed by atoms with Gasteiger partial charge in [-0.3, -0.25) is 14.4 Å². The Bertz CT molecular complexity index is 743. The first kappa shape index (κ1) is 22.2. The van der Waals surface area contributed by atoms with Gasteiger partial charge in [0.2, 0.25) is 5.76 Å². The Kier molecular flexibility index (Phi) is 7.18. The van der Waals surface area contributed by atoms with E-state index in [1.54, 1.807) is 6.92 Å². The number of nitrogens with zero attached hydrogens (tertiary/aromatic N) is 1. The summed E-state index contributed by atoms with van der Waals surface area (Å²) in [6, 6.07) is -0.705. The van der Waals surface area contributed by atoms with Gasteiger partial charge in [0.05, 0.1) is 7.11 Å². The zero-order chi connectivity index (χ0) is 21.7. The van der Waals surface area contributed by atoms with E-state index in [1.165, 1.54) is 20.1 Å². The van der Waals surface area contributed by atoms with Gasteiger partial charge in [0, 0.05) is 33.8 Å². The molecule has 0 spiro atoms. The van der Waals surface area contributed by atoms with Crippen LogP contribution in [0.4, 0.5) is 0 Å². The summed E-state index contributed by atoms with van der Waals surface area (Å²) in [5, 5.41) is 0. The quantitative estimate of drug-likeness (QED) is 0.416. The summed E-state index contributed by atoms with van der Waals surface area (Å²) in [6.07, 6.45) is -2.83. The smallest absolute Gasteiger partial charge is 0.373 e. The van der Waals surface area contributed by atoms with Crippen molar-refractivity contribution in [1.82, 2.24) is 0 Å². The summed E-state index contributed by atoms with van der Waals surface area (Å²) >= 11 is 0. The van der Waals surface area contributed by atoms with Crippen LogP contribution < -0.4 is 0 Å². The summed E-state index contributed by atoms with van der Waals surface area (Å²) in [6.45, 7) is 4.70. The second-order valence-corrected chi connectivity index (χ2v) is 6.35. The second-order valence-electron chi connectivity index (χ2n) is 6.35. The van der Waals surface area contributed by atoms with Crippen molar-refractivity contribution >= 4 is 29.8 Å². The maximum Gasteiger partial charge on any atom is 0.373 e. The minimum absolute atomic E-state index is 0.171. The molecule has 11 nitrogen and oxygen atoms in total. The maximum atomic E-state index is 12.0. The highest BCUT2D eigenvalue weighted by atomic mass is 16.6. The average molecular weight is 413 g/mol. The lowest BCUT2D eigenvalue weighted by molar-refractivity contribution is -0.187. The van der Waals surface area contributed by atoms with Gasteiger partial charge in [0.25, 0.3) is 0 Å². The predicted octanol–water partition coefficient (Wildman–Crippen LogP) is 0.0544. The van der Waals surface area contributed by atoms with E-state index < -0.39 is 60.9 Å². The molecule has 2 rings (SSSR count). The molecule has 0 aromatic heterocycles. The first-order valence-corrected chi connectivity index (χ1v) is 8.78. The molecule has 0 N–H and O–H groups in total. The molecule has 0 unspecified atom stereocenters. The fraction of sp³-hybridized carbons (Fsp3) is 0.611. The lowest BCUT2D eigenvalue weighted by atomic mass is 9.94. The van der Waals surface area contributed by atoms with Crippen LogP contribution in [0.2, 0.25) is 0 Å². The van der Waals surface area contributed by atoms with Gasteiger partial charge in [-0.1, -0.05) is 0 Å². The summed E-state index contributed by atoms with van der Waals surface area (Å²) in [4.78, 5) is 50.9. The zero-order valence-corrected chi connectivity index (χ0v) is 16.7. The lowest BCUT2D eigenvalue weighted by Crippen LogP contribution is -2.54. The predicted molar refractivity (Wildman–Crippen MR) is 94.5 cm³/mol. The number of rotatable bonds is 7. The van der Waals surface area contributed by atoms with Crippen LogP contribution in [0.15, 0.2) is 16.8 Å². The number of carbonyl (C=O) groups excluding carboxylic acids is 4. The van der Waals surface area contributed by atoms with Crippen molar-refractivity contribution in [3.05, 3.63) is 11.8 Å². The van der Waals surface area contributed by atoms with Gasteiger partial charge >= 0.3 is 23.9 Å². The van der Waals surface area contributed by atoms with Gasteiger partial charge in [-0.2, -0.15) is 0 Å². The molecular weight excluding hydrogens is 390 g/mol. The zero-order valence-electron chi connectivity index (χ0n) is 16.7. The van der Waals surface area contributed by atoms with Crippen LogP contribution in [-0.4, -0.2) is 73.9 Å². The van der Waals surface area contributed by atoms with E-state index in [4.69, 9.17) is 28.4 Å². The first-order valence-electron chi connectivity index (χ1n) is 8.78. The van der Waals surface area contributed by atoms with E-state index in [0.29, 0.717) is 5.90 Å². The van der Waals surface area contributed by atoms with E-state index in [2.05, 4.69) is 4.99 Å². The van der Waals surface area contributed by atoms with Gasteiger partial charge in [-0.25, -0.2) is 9.79 Å². The Morgan fingerprint density at radius 3 is 2.28 bits per heavy atom. The van der Waals surface area contributed by atoms with Crippen molar-refractivity contribution in [1.29, 1.82) is 0 Å². The number of methoxy groups -OCH3 is 1. The molecule has 0 radical (unpaired) electrons. The van der Waals surface area contributed by atoms with Crippen LogP contribution in [0, 0.1) is 0 Å². The van der Waals surface area contributed by atoms with Gasteiger partial charge < -0.3 is 28.4 Å². The maximum absolute atomic E-state index is 12.0. The SMILES string of the molecule is COC(=O)C1=C[C@@H]2OC(C)=N[C@H]2[C@H]([C@H](OC(C)=O)[C@@H](COC(C)=O)OC(C)=O)O1. The number of esters is 4. The van der Waals surface area contributed by atoms with E-state index in [1.807, 2.05) is 0 Å². The van der Waals surface area contributed by atoms with Crippen molar-refractivity contribution in [3.8, 4) is 0 Å². The minimum atomic E-state index is -1.25. The Morgan fingerprint density at radius 1 is 1.07 bits per heavy atom. The van der Waals surface area contributed by atoms with Crippen molar-refractivity contribution in [3.63, 3.8) is 0 Å². The van der Waals surface area contributed by atoms with Gasteiger partial charge in [-0.15, -0.1) is 0 Å². The third-order valence-corrected chi connectivity index (χ3v) is 4.04. The van der Waals surface area contributed by atoms with E-state index in [9.17, 15) is 19.2 Å². The summed E-state index contributed by atoms with van der Waals surface area (Å²) in [5.74, 6) is -2.63. The minimum Gasteiger partial charge on any atom is -0.477 e. The highest BCUT2D eigenvalue weighted by Gasteiger charge is 2.50. The largest absolute Gasteiger partial charge is 0.477 e. The van der Waals surface area contributed by atoms with E-state index in [0.717, 1.165) is 13.8 Å². The van der Waals surface area contributed by atoms with Gasteiger partial charge in [-0.05, 0) is 0 Å². The van der Waals surface area contributed by atoms with Crippen molar-refractivity contribution in [2.45, 2.75) is 58.2 Å². The van der Waals surface area contributed by atoms with E-state index in [-0.39, 0.29) is 5.76 Å². The molecule has 0 aromatic carbocycles. The molecule has 160 valence electrons. The Morgan fingerprint density at radius 2 is 1.72 bits per heavy atom. The first-order chi connectivity index (χ1) is 13.6. The summed E-state index contributed by atoms with van der Waals surface area (Å²) in [5.41, 5.74) is 0. The molecule has 5 atom stereocenters. The molecule has 0 amide bonds. The molecule has 0 aliphatic carbocycles. The summed E-state index contributed by atoms with van der Waals surface area (Å²) in [7, 11) is 1.18. The van der Waals surface area contributed by atoms with Crippen molar-refractivity contribution < 1.29 is 47.6 Å². The Balaban J connectivity index is 2.42. The molecule has 0 saturated carbocycles. The third kappa shape index (κ3) is 5.69. The molecule has 29 heavy (non-hydrogen) atoms. The van der Waals surface area contributed by atoms with Crippen molar-refractivity contribution in [2.24, 2.45) is 4.99 Å². The molecule has 0 bridgehead atoms. The average Bonchev–Trinajstić information content (AvgIpc) is 3.01. The van der Waals surface area contributed by atoms with Crippen LogP contribution in [-0.2, 0) is 47.6 Å². The third-order valence-electron chi connectivity index (χ3n) is 4.04. The standard InChI is InChI=1S/C18H23NO10/c1-8-19-15-12(26-8)6-13(18(23)24-5)29-17(15)16(28-11(4)22)14(27-10(3)21)7-25-9(2)20/h6,12,14-17H,7H2,1-5H3/t12-,14+,15+,16+,17+/m0/s1. The van der Waals surface area contributed by atoms with Crippen LogP contribution in [0.3, 0.4) is 0 Å². The number of hydrogen-bond acceptors (Lipinski definition) is 11. The molecule has 0 aromatic rings. The Labute approximate surface area is 166 Å². The molecule has 0 saturated heterocycles. The molecular formula is C18H23NO10. The molecule has 2 aliphatic rings. The van der Waals surface area contributed by atoms with Crippen molar-refractivity contribution in [2.75, 3.05) is 13.7 Å². The fourth-order valence-corrected chi connectivity index (χ4v) is 3.01. The van der Waals surface area contributed by atoms with Crippen LogP contribution in [0.25, 0.3) is 0 Å². The molecule has 2 aliphatic heterocycles. The number of carbonyl (C=O) groups is 4. The monoisotopic (exact) mass is 413 g/mol. The lowest BCUT2D eigenvalue weighted by Gasteiger charge is -2.37. The number of ether oxygens (including phenoxy) is 6. The molecule has 11 heteroatoms. The van der Waals surface area contributed by atoms with Gasteiger partial charge in [0.1, 0.15) is 18.8 Å². The van der Waals surface area contributed by atoms with Gasteiger partial charge in [0.15, 0.2) is 24.2 Å². The highest BCUT2D eigenvalue weighted by Crippen LogP contribution is 2.32. The fourth-order valence-electron chi connectivity index (χ4n) is 3.01. The second kappa shape index (κ2) is 9.39. The van der Waals surface area contributed by atoms with Crippen LogP contribution >= 0.6 is 0 Å². The Hall–Kier alpha value is -3.11. The van der Waals surface area contributed by atoms with Crippen LogP contribution in [0.5, 0.6) is 0 Å². The number of aliphatic imine (C=N–C) groups is 1. The summed E-state index contributed by atoms with van der Waals surface area (Å²) < 4.78 is 31.5. The number of fused-ring (bicyclic) bond motifs is 1. The topological polar surface area (TPSA) is 136 Å². The highest BCUT2D eigenvalue weighted by molar-refractivity contribution is 5.87. The molecule has 2 heterocycles. The van der Waals surface area contributed by atoms with Crippen LogP contribution in [0.1, 0.15) is 27.7 Å². The van der Waals surface area contributed by atoms with E-state index >= 15 is 0 Å². The molecule has 0 fully saturated rings. The number of hydrogen-bond donors (Lipinski definition) is 0. The normalized spacial score (nSPS) is 24.4.